The van der Waals surface area contributed by atoms with Crippen LogP contribution in [0, 0.1) is 5.92 Å². The fourth-order valence-corrected chi connectivity index (χ4v) is 2.51. The third-order valence-corrected chi connectivity index (χ3v) is 3.53. The molecule has 1 aromatic rings. The maximum atomic E-state index is 5.90. The summed E-state index contributed by atoms with van der Waals surface area (Å²) in [6.07, 6.45) is 6.19. The van der Waals surface area contributed by atoms with Gasteiger partial charge in [0, 0.05) is 13.2 Å². The Hall–Kier alpha value is -1.16. The Morgan fingerprint density at radius 3 is 2.86 bits per heavy atom. The van der Waals surface area contributed by atoms with Crippen molar-refractivity contribution >= 4 is 0 Å². The molecule has 0 amide bonds. The van der Waals surface area contributed by atoms with Gasteiger partial charge in [-0.1, -0.05) is 43.3 Å². The molecule has 0 spiro atoms. The lowest BCUT2D eigenvalue weighted by Gasteiger charge is -2.27. The fourth-order valence-electron chi connectivity index (χ4n) is 2.51. The summed E-state index contributed by atoms with van der Waals surface area (Å²) in [5.74, 6) is 0.479. The van der Waals surface area contributed by atoms with Crippen LogP contribution in [0.5, 0.6) is 0 Å². The van der Waals surface area contributed by atoms with Crippen LogP contribution in [0.1, 0.15) is 32.3 Å². The summed E-state index contributed by atoms with van der Waals surface area (Å²) in [4.78, 5) is 0. The largest absolute Gasteiger partial charge is 0.376 e. The predicted octanol–water partition coefficient (Wildman–Crippen LogP) is 3.94. The van der Waals surface area contributed by atoms with E-state index in [1.165, 1.54) is 5.56 Å². The quantitative estimate of drug-likeness (QED) is 0.679. The normalized spacial score (nSPS) is 23.1. The van der Waals surface area contributed by atoms with E-state index in [-0.39, 0.29) is 12.4 Å². The molecule has 0 unspecified atom stereocenters. The van der Waals surface area contributed by atoms with Crippen molar-refractivity contribution in [1.29, 1.82) is 0 Å². The molecule has 0 bridgehead atoms. The van der Waals surface area contributed by atoms with Crippen molar-refractivity contribution in [3.8, 4) is 0 Å². The highest BCUT2D eigenvalue weighted by Gasteiger charge is 2.20. The first-order chi connectivity index (χ1) is 10.3. The van der Waals surface area contributed by atoms with Gasteiger partial charge in [0.1, 0.15) is 0 Å². The molecule has 0 aromatic heterocycles. The lowest BCUT2D eigenvalue weighted by Crippen LogP contribution is -2.28. The first-order valence-corrected chi connectivity index (χ1v) is 7.83. The number of ether oxygens (including phenoxy) is 3. The van der Waals surface area contributed by atoms with Crippen LogP contribution in [0.2, 0.25) is 0 Å². The molecule has 3 heteroatoms. The molecule has 0 saturated heterocycles. The number of benzene rings is 1. The molecule has 3 atom stereocenters. The summed E-state index contributed by atoms with van der Waals surface area (Å²) < 4.78 is 17.2. The Balaban J connectivity index is 1.65. The van der Waals surface area contributed by atoms with E-state index in [1.807, 2.05) is 31.2 Å². The molecule has 21 heavy (non-hydrogen) atoms. The summed E-state index contributed by atoms with van der Waals surface area (Å²) in [6, 6.07) is 10.3. The Morgan fingerprint density at radius 1 is 1.29 bits per heavy atom. The monoisotopic (exact) mass is 290 g/mol. The lowest BCUT2D eigenvalue weighted by molar-refractivity contribution is -0.150. The molecule has 2 rings (SSSR count). The molecule has 1 aromatic carbocycles. The van der Waals surface area contributed by atoms with Gasteiger partial charge < -0.3 is 14.2 Å². The summed E-state index contributed by atoms with van der Waals surface area (Å²) in [7, 11) is 0. The van der Waals surface area contributed by atoms with Crippen LogP contribution < -0.4 is 0 Å². The summed E-state index contributed by atoms with van der Waals surface area (Å²) in [5, 5.41) is 0. The lowest BCUT2D eigenvalue weighted by atomic mass is 10.0. The van der Waals surface area contributed by atoms with Crippen LogP contribution >= 0.6 is 0 Å². The zero-order valence-electron chi connectivity index (χ0n) is 13.0. The van der Waals surface area contributed by atoms with Gasteiger partial charge in [0.05, 0.1) is 12.7 Å². The predicted molar refractivity (Wildman–Crippen MR) is 83.9 cm³/mol. The minimum atomic E-state index is -0.175. The third-order valence-electron chi connectivity index (χ3n) is 3.53. The average Bonchev–Trinajstić information content (AvgIpc) is 2.49. The molecule has 0 aliphatic carbocycles. The zero-order chi connectivity index (χ0) is 14.9. The topological polar surface area (TPSA) is 27.7 Å². The molecular weight excluding hydrogens is 264 g/mol. The highest BCUT2D eigenvalue weighted by molar-refractivity contribution is 5.13. The molecule has 0 saturated carbocycles. The van der Waals surface area contributed by atoms with Crippen molar-refractivity contribution in [3.05, 3.63) is 48.0 Å². The van der Waals surface area contributed by atoms with Gasteiger partial charge in [-0.05, 0) is 37.3 Å². The van der Waals surface area contributed by atoms with E-state index < -0.39 is 0 Å². The molecule has 116 valence electrons. The number of rotatable bonds is 8. The molecule has 0 N–H and O–H groups in total. The Morgan fingerprint density at radius 2 is 2.10 bits per heavy atom. The standard InChI is InChI=1S/C18H26O3/c1-3-20-18-11-7-10-17(21-18)12-15(2)13-19-14-16-8-5-4-6-9-16/h4-9,11,15,17-18H,3,10,12-14H2,1-2H3/t15-,17+,18-/m1/s1. The molecular formula is C18H26O3. The van der Waals surface area contributed by atoms with Crippen LogP contribution in [-0.4, -0.2) is 25.6 Å². The highest BCUT2D eigenvalue weighted by Crippen LogP contribution is 2.20. The molecule has 3 nitrogen and oxygen atoms in total. The molecule has 1 aliphatic rings. The van der Waals surface area contributed by atoms with Gasteiger partial charge in [0.2, 0.25) is 0 Å². The number of hydrogen-bond acceptors (Lipinski definition) is 3. The van der Waals surface area contributed by atoms with Crippen LogP contribution in [0.15, 0.2) is 42.5 Å². The SMILES string of the molecule is CCO[C@H]1C=CC[C@@H](C[C@@H](C)COCc2ccccc2)O1. The maximum Gasteiger partial charge on any atom is 0.177 e. The second-order valence-electron chi connectivity index (χ2n) is 5.59. The van der Waals surface area contributed by atoms with Crippen molar-refractivity contribution in [1.82, 2.24) is 0 Å². The smallest absolute Gasteiger partial charge is 0.177 e. The van der Waals surface area contributed by atoms with Gasteiger partial charge in [-0.25, -0.2) is 0 Å². The van der Waals surface area contributed by atoms with Crippen molar-refractivity contribution in [2.45, 2.75) is 45.7 Å². The first kappa shape index (κ1) is 16.2. The molecule has 1 aliphatic heterocycles. The van der Waals surface area contributed by atoms with E-state index in [1.54, 1.807) is 0 Å². The molecule has 0 fully saturated rings. The second-order valence-corrected chi connectivity index (χ2v) is 5.59. The first-order valence-electron chi connectivity index (χ1n) is 7.83. The minimum absolute atomic E-state index is 0.175. The Labute approximate surface area is 127 Å². The van der Waals surface area contributed by atoms with Crippen LogP contribution in [0.3, 0.4) is 0 Å². The van der Waals surface area contributed by atoms with E-state index in [2.05, 4.69) is 25.1 Å². The molecule has 0 radical (unpaired) electrons. The maximum absolute atomic E-state index is 5.90. The summed E-state index contributed by atoms with van der Waals surface area (Å²) >= 11 is 0. The van der Waals surface area contributed by atoms with E-state index >= 15 is 0 Å². The van der Waals surface area contributed by atoms with Gasteiger partial charge in [-0.2, -0.15) is 0 Å². The van der Waals surface area contributed by atoms with Gasteiger partial charge in [0.15, 0.2) is 6.29 Å². The summed E-state index contributed by atoms with van der Waals surface area (Å²) in [5.41, 5.74) is 1.22. The van der Waals surface area contributed by atoms with E-state index in [0.717, 1.165) is 19.4 Å². The van der Waals surface area contributed by atoms with Gasteiger partial charge in [-0.3, -0.25) is 0 Å². The van der Waals surface area contributed by atoms with Crippen molar-refractivity contribution < 1.29 is 14.2 Å². The van der Waals surface area contributed by atoms with E-state index in [4.69, 9.17) is 14.2 Å². The highest BCUT2D eigenvalue weighted by atomic mass is 16.7. The van der Waals surface area contributed by atoms with Crippen LogP contribution in [-0.2, 0) is 20.8 Å². The second kappa shape index (κ2) is 8.98. The molecule has 1 heterocycles. The fraction of sp³-hybridized carbons (Fsp3) is 0.556. The number of hydrogen-bond donors (Lipinski definition) is 0. The van der Waals surface area contributed by atoms with E-state index in [0.29, 0.717) is 19.1 Å². The van der Waals surface area contributed by atoms with Crippen LogP contribution in [0.4, 0.5) is 0 Å². The Bertz CT molecular complexity index is 416. The van der Waals surface area contributed by atoms with Gasteiger partial charge >= 0.3 is 0 Å². The van der Waals surface area contributed by atoms with Gasteiger partial charge in [-0.15, -0.1) is 0 Å². The van der Waals surface area contributed by atoms with E-state index in [9.17, 15) is 0 Å². The van der Waals surface area contributed by atoms with Gasteiger partial charge in [0.25, 0.3) is 0 Å². The third kappa shape index (κ3) is 6.00. The van der Waals surface area contributed by atoms with Crippen molar-refractivity contribution in [2.24, 2.45) is 5.92 Å². The van der Waals surface area contributed by atoms with Crippen molar-refractivity contribution in [2.75, 3.05) is 13.2 Å². The zero-order valence-corrected chi connectivity index (χ0v) is 13.0. The Kier molecular flexibility index (Phi) is 6.93. The minimum Gasteiger partial charge on any atom is -0.376 e. The summed E-state index contributed by atoms with van der Waals surface area (Å²) in [6.45, 7) is 6.32. The van der Waals surface area contributed by atoms with Crippen LogP contribution in [0.25, 0.3) is 0 Å². The average molecular weight is 290 g/mol. The van der Waals surface area contributed by atoms with Crippen molar-refractivity contribution in [3.63, 3.8) is 0 Å².